The molecule has 1 aliphatic rings. The molecule has 0 radical (unpaired) electrons. The van der Waals surface area contributed by atoms with Gasteiger partial charge in [0.15, 0.2) is 0 Å². The number of ether oxygens (including phenoxy) is 2. The number of carbonyl (C=O) groups is 2. The minimum atomic E-state index is -2.38. The third kappa shape index (κ3) is 5.27. The lowest BCUT2D eigenvalue weighted by atomic mass is 9.98. The molecule has 0 aromatic heterocycles. The predicted octanol–water partition coefficient (Wildman–Crippen LogP) is 5.95. The van der Waals surface area contributed by atoms with Crippen molar-refractivity contribution in [3.63, 3.8) is 0 Å². The van der Waals surface area contributed by atoms with Crippen molar-refractivity contribution < 1.29 is 41.0 Å². The van der Waals surface area contributed by atoms with Crippen molar-refractivity contribution in [2.75, 3.05) is 18.6 Å². The molecule has 0 bridgehead atoms. The van der Waals surface area contributed by atoms with Gasteiger partial charge < -0.3 is 14.8 Å². The molecule has 11 heteroatoms. The van der Waals surface area contributed by atoms with E-state index in [9.17, 15) is 31.5 Å². The predicted molar refractivity (Wildman–Crippen MR) is 127 cm³/mol. The Kier molecular flexibility index (Phi) is 8.01. The van der Waals surface area contributed by atoms with Gasteiger partial charge in [0.1, 0.15) is 12.6 Å². The minimum absolute atomic E-state index is 0.0560. The maximum absolute atomic E-state index is 14.0. The summed E-state index contributed by atoms with van der Waals surface area (Å²) in [4.78, 5) is 25.2. The zero-order valence-corrected chi connectivity index (χ0v) is 20.1. The molecule has 194 valence electrons. The Hall–Kier alpha value is -3.60. The van der Waals surface area contributed by atoms with Crippen LogP contribution in [0.1, 0.15) is 23.5 Å². The van der Waals surface area contributed by atoms with Crippen molar-refractivity contribution in [3.8, 4) is 16.9 Å². The van der Waals surface area contributed by atoms with Crippen molar-refractivity contribution in [1.82, 2.24) is 5.32 Å². The molecule has 5 nitrogen and oxygen atoms in total. The molecule has 3 aromatic rings. The number of carbonyl (C=O) groups excluding carboxylic acids is 2. The SMILES string of the molecule is CSCC[C@@H](NC(=O)OCC1c2ccccc2-c2ccccc21)C(=O)Oc1c(F)c(F)c(F)c(F)c1F. The molecule has 0 fully saturated rings. The first-order valence-electron chi connectivity index (χ1n) is 11.1. The van der Waals surface area contributed by atoms with Gasteiger partial charge in [0.25, 0.3) is 0 Å². The van der Waals surface area contributed by atoms with Gasteiger partial charge >= 0.3 is 12.1 Å². The molecule has 0 aliphatic heterocycles. The smallest absolute Gasteiger partial charge is 0.407 e. The summed E-state index contributed by atoms with van der Waals surface area (Å²) in [6.07, 6.45) is 0.640. The molecule has 0 saturated heterocycles. The number of amides is 1. The monoisotopic (exact) mass is 537 g/mol. The first-order valence-corrected chi connectivity index (χ1v) is 12.5. The molecule has 1 atom stereocenters. The number of esters is 1. The van der Waals surface area contributed by atoms with Crippen LogP contribution in [0.25, 0.3) is 11.1 Å². The Bertz CT molecular complexity index is 1280. The van der Waals surface area contributed by atoms with E-state index in [4.69, 9.17) is 4.74 Å². The fourth-order valence-corrected chi connectivity index (χ4v) is 4.58. The Morgan fingerprint density at radius 2 is 1.38 bits per heavy atom. The van der Waals surface area contributed by atoms with E-state index in [1.54, 1.807) is 6.26 Å². The third-order valence-corrected chi connectivity index (χ3v) is 6.55. The zero-order chi connectivity index (χ0) is 26.7. The standard InChI is InChI=1S/C26H20F5NO4S/c1-37-11-10-18(25(33)36-24-22(30)20(28)19(27)21(29)23(24)31)32-26(34)35-12-17-15-8-4-2-6-13(15)14-7-3-5-9-16(14)17/h2-9,17-18H,10-12H2,1H3,(H,32,34)/t18-/m1/s1. The van der Waals surface area contributed by atoms with Gasteiger partial charge in [0, 0.05) is 5.92 Å². The second kappa shape index (κ2) is 11.2. The first-order chi connectivity index (χ1) is 17.7. The van der Waals surface area contributed by atoms with E-state index >= 15 is 0 Å². The van der Waals surface area contributed by atoms with Crippen LogP contribution in [0.15, 0.2) is 48.5 Å². The highest BCUT2D eigenvalue weighted by atomic mass is 32.2. The van der Waals surface area contributed by atoms with Crippen LogP contribution < -0.4 is 10.1 Å². The van der Waals surface area contributed by atoms with Gasteiger partial charge in [-0.05, 0) is 40.7 Å². The molecule has 1 amide bonds. The summed E-state index contributed by atoms with van der Waals surface area (Å²) in [6, 6.07) is 13.8. The highest BCUT2D eigenvalue weighted by molar-refractivity contribution is 7.98. The molecular formula is C26H20F5NO4S. The van der Waals surface area contributed by atoms with Gasteiger partial charge in [-0.2, -0.15) is 20.5 Å². The van der Waals surface area contributed by atoms with Crippen molar-refractivity contribution in [2.45, 2.75) is 18.4 Å². The molecule has 1 N–H and O–H groups in total. The highest BCUT2D eigenvalue weighted by Crippen LogP contribution is 2.44. The maximum Gasteiger partial charge on any atom is 0.407 e. The van der Waals surface area contributed by atoms with Crippen LogP contribution in [-0.4, -0.2) is 36.7 Å². The van der Waals surface area contributed by atoms with E-state index in [0.717, 1.165) is 22.3 Å². The van der Waals surface area contributed by atoms with E-state index in [-0.39, 0.29) is 18.9 Å². The van der Waals surface area contributed by atoms with E-state index < -0.39 is 52.9 Å². The number of thioether (sulfide) groups is 1. The number of rotatable bonds is 8. The number of benzene rings is 3. The summed E-state index contributed by atoms with van der Waals surface area (Å²) in [5.74, 6) is -14.6. The van der Waals surface area contributed by atoms with Gasteiger partial charge in [-0.15, -0.1) is 0 Å². The second-order valence-corrected chi connectivity index (χ2v) is 9.11. The number of fused-ring (bicyclic) bond motifs is 3. The summed E-state index contributed by atoms with van der Waals surface area (Å²) in [6.45, 7) is -0.0677. The fraction of sp³-hybridized carbons (Fsp3) is 0.231. The Labute approximate surface area is 213 Å². The van der Waals surface area contributed by atoms with Gasteiger partial charge in [-0.25, -0.2) is 22.8 Å². The number of halogens is 5. The number of alkyl carbamates (subject to hydrolysis) is 1. The highest BCUT2D eigenvalue weighted by Gasteiger charge is 2.33. The molecule has 0 unspecified atom stereocenters. The van der Waals surface area contributed by atoms with Crippen LogP contribution in [0, 0.1) is 29.1 Å². The number of nitrogens with one attached hydrogen (secondary N) is 1. The number of hydrogen-bond acceptors (Lipinski definition) is 5. The fourth-order valence-electron chi connectivity index (χ4n) is 4.11. The minimum Gasteiger partial charge on any atom is -0.449 e. The molecule has 3 aromatic carbocycles. The van der Waals surface area contributed by atoms with Crippen LogP contribution in [0.4, 0.5) is 26.7 Å². The third-order valence-electron chi connectivity index (χ3n) is 5.90. The molecule has 1 aliphatic carbocycles. The average Bonchev–Trinajstić information content (AvgIpc) is 3.23. The molecule has 0 spiro atoms. The first kappa shape index (κ1) is 26.5. The van der Waals surface area contributed by atoms with Crippen LogP contribution >= 0.6 is 11.8 Å². The summed E-state index contributed by atoms with van der Waals surface area (Å²) in [5, 5.41) is 2.27. The Morgan fingerprint density at radius 1 is 0.865 bits per heavy atom. The molecule has 0 saturated carbocycles. The Morgan fingerprint density at radius 3 is 1.92 bits per heavy atom. The summed E-state index contributed by atoms with van der Waals surface area (Å²) in [5.41, 5.74) is 3.94. The van der Waals surface area contributed by atoms with Crippen LogP contribution in [-0.2, 0) is 9.53 Å². The lowest BCUT2D eigenvalue weighted by Crippen LogP contribution is -2.44. The van der Waals surface area contributed by atoms with Crippen molar-refractivity contribution in [3.05, 3.63) is 88.7 Å². The van der Waals surface area contributed by atoms with E-state index in [0.29, 0.717) is 5.75 Å². The average molecular weight is 538 g/mol. The van der Waals surface area contributed by atoms with E-state index in [1.807, 2.05) is 48.5 Å². The molecule has 0 heterocycles. The van der Waals surface area contributed by atoms with Gasteiger partial charge in [0.2, 0.25) is 34.8 Å². The van der Waals surface area contributed by atoms with Crippen LogP contribution in [0.3, 0.4) is 0 Å². The lowest BCUT2D eigenvalue weighted by molar-refractivity contribution is -0.137. The van der Waals surface area contributed by atoms with Crippen molar-refractivity contribution in [1.29, 1.82) is 0 Å². The molecule has 4 rings (SSSR count). The van der Waals surface area contributed by atoms with Gasteiger partial charge in [-0.3, -0.25) is 0 Å². The topological polar surface area (TPSA) is 64.6 Å². The quantitative estimate of drug-likeness (QED) is 0.127. The van der Waals surface area contributed by atoms with E-state index in [1.165, 1.54) is 11.8 Å². The normalized spacial score (nSPS) is 13.0. The largest absolute Gasteiger partial charge is 0.449 e. The van der Waals surface area contributed by atoms with Crippen molar-refractivity contribution in [2.24, 2.45) is 0 Å². The van der Waals surface area contributed by atoms with Crippen molar-refractivity contribution >= 4 is 23.8 Å². The lowest BCUT2D eigenvalue weighted by Gasteiger charge is -2.19. The number of hydrogen-bond donors (Lipinski definition) is 1. The van der Waals surface area contributed by atoms with Gasteiger partial charge in [0.05, 0.1) is 0 Å². The van der Waals surface area contributed by atoms with Crippen LogP contribution in [0.2, 0.25) is 0 Å². The molecule has 37 heavy (non-hydrogen) atoms. The molecular weight excluding hydrogens is 517 g/mol. The van der Waals surface area contributed by atoms with Gasteiger partial charge in [-0.1, -0.05) is 48.5 Å². The van der Waals surface area contributed by atoms with Crippen LogP contribution in [0.5, 0.6) is 5.75 Å². The van der Waals surface area contributed by atoms with E-state index in [2.05, 4.69) is 10.1 Å². The zero-order valence-electron chi connectivity index (χ0n) is 19.3. The summed E-state index contributed by atoms with van der Waals surface area (Å²) < 4.78 is 78.1. The Balaban J connectivity index is 1.47. The summed E-state index contributed by atoms with van der Waals surface area (Å²) in [7, 11) is 0. The summed E-state index contributed by atoms with van der Waals surface area (Å²) >= 11 is 1.29. The second-order valence-electron chi connectivity index (χ2n) is 8.12. The maximum atomic E-state index is 14.0.